The molecule has 0 spiro atoms. The van der Waals surface area contributed by atoms with Crippen molar-refractivity contribution in [1.29, 1.82) is 0 Å². The van der Waals surface area contributed by atoms with Crippen molar-refractivity contribution in [2.75, 3.05) is 51.3 Å². The molecule has 136 valence electrons. The van der Waals surface area contributed by atoms with Gasteiger partial charge in [0.05, 0.1) is 6.10 Å². The molecule has 0 radical (unpaired) electrons. The molecule has 1 atom stereocenters. The number of benzene rings is 1. The number of anilines is 1. The van der Waals surface area contributed by atoms with Gasteiger partial charge in [0.2, 0.25) is 0 Å². The Kier molecular flexibility index (Phi) is 6.30. The van der Waals surface area contributed by atoms with Gasteiger partial charge in [0.25, 0.3) is 0 Å². The molecular weight excluding hydrogens is 318 g/mol. The van der Waals surface area contributed by atoms with Gasteiger partial charge in [0.1, 0.15) is 12.4 Å². The predicted octanol–water partition coefficient (Wildman–Crippen LogP) is 2.58. The molecule has 2 heterocycles. The van der Waals surface area contributed by atoms with Gasteiger partial charge in [-0.2, -0.15) is 0 Å². The maximum atomic E-state index is 12.5. The fraction of sp³-hybridized carbons (Fsp3) is 0.526. The molecule has 2 saturated heterocycles. The summed E-state index contributed by atoms with van der Waals surface area (Å²) in [4.78, 5) is 16.7. The molecule has 1 aromatic rings. The number of urea groups is 1. The van der Waals surface area contributed by atoms with Gasteiger partial charge in [0.15, 0.2) is 0 Å². The van der Waals surface area contributed by atoms with Crippen molar-refractivity contribution in [3.63, 3.8) is 0 Å². The number of hydrogen-bond donors (Lipinski definition) is 1. The highest BCUT2D eigenvalue weighted by molar-refractivity contribution is 5.89. The Morgan fingerprint density at radius 3 is 2.92 bits per heavy atom. The van der Waals surface area contributed by atoms with Crippen molar-refractivity contribution in [2.45, 2.75) is 18.9 Å². The van der Waals surface area contributed by atoms with Crippen LogP contribution < -0.4 is 10.1 Å². The van der Waals surface area contributed by atoms with Gasteiger partial charge in [-0.15, -0.1) is 0 Å². The smallest absolute Gasteiger partial charge is 0.321 e. The fourth-order valence-corrected chi connectivity index (χ4v) is 3.23. The van der Waals surface area contributed by atoms with E-state index < -0.39 is 0 Å². The second-order valence-electron chi connectivity index (χ2n) is 6.48. The lowest BCUT2D eigenvalue weighted by Gasteiger charge is -2.35. The van der Waals surface area contributed by atoms with Crippen molar-refractivity contribution in [3.8, 4) is 5.75 Å². The molecule has 3 rings (SSSR count). The topological polar surface area (TPSA) is 54.0 Å². The number of hydrogen-bond acceptors (Lipinski definition) is 4. The minimum absolute atomic E-state index is 0.0577. The summed E-state index contributed by atoms with van der Waals surface area (Å²) in [6.45, 7) is 9.24. The largest absolute Gasteiger partial charge is 0.489 e. The Bertz CT molecular complexity index is 579. The number of nitrogens with zero attached hydrogens (tertiary/aromatic N) is 2. The minimum atomic E-state index is -0.0577. The minimum Gasteiger partial charge on any atom is -0.489 e. The third-order valence-electron chi connectivity index (χ3n) is 4.60. The van der Waals surface area contributed by atoms with Gasteiger partial charge in [-0.05, 0) is 25.0 Å². The Morgan fingerprint density at radius 1 is 1.36 bits per heavy atom. The van der Waals surface area contributed by atoms with Crippen molar-refractivity contribution in [2.24, 2.45) is 0 Å². The van der Waals surface area contributed by atoms with E-state index in [-0.39, 0.29) is 6.03 Å². The van der Waals surface area contributed by atoms with Crippen LogP contribution in [0.3, 0.4) is 0 Å². The zero-order chi connectivity index (χ0) is 17.5. The predicted molar refractivity (Wildman–Crippen MR) is 98.1 cm³/mol. The van der Waals surface area contributed by atoms with Crippen LogP contribution in [0.4, 0.5) is 10.5 Å². The third kappa shape index (κ3) is 5.21. The number of nitrogens with one attached hydrogen (secondary N) is 1. The van der Waals surface area contributed by atoms with Crippen molar-refractivity contribution in [1.82, 2.24) is 9.80 Å². The van der Waals surface area contributed by atoms with Crippen LogP contribution in [0.1, 0.15) is 12.8 Å². The van der Waals surface area contributed by atoms with Gasteiger partial charge < -0.3 is 19.7 Å². The van der Waals surface area contributed by atoms with E-state index in [1.807, 2.05) is 29.2 Å². The van der Waals surface area contributed by atoms with Crippen LogP contribution in [0, 0.1) is 0 Å². The molecule has 25 heavy (non-hydrogen) atoms. The molecular formula is C19H27N3O3. The molecule has 1 aromatic carbocycles. The molecule has 0 saturated carbocycles. The van der Waals surface area contributed by atoms with Gasteiger partial charge in [0, 0.05) is 51.1 Å². The zero-order valence-electron chi connectivity index (χ0n) is 14.7. The summed E-state index contributed by atoms with van der Waals surface area (Å²) >= 11 is 0. The molecule has 0 aromatic heterocycles. The monoisotopic (exact) mass is 345 g/mol. The molecule has 6 nitrogen and oxygen atoms in total. The zero-order valence-corrected chi connectivity index (χ0v) is 14.7. The molecule has 2 amide bonds. The van der Waals surface area contributed by atoms with Gasteiger partial charge in [-0.25, -0.2) is 4.79 Å². The number of carbonyl (C=O) groups is 1. The number of amides is 2. The summed E-state index contributed by atoms with van der Waals surface area (Å²) in [6.07, 6.45) is 4.40. The van der Waals surface area contributed by atoms with Crippen LogP contribution in [0.25, 0.3) is 0 Å². The second kappa shape index (κ2) is 8.87. The summed E-state index contributed by atoms with van der Waals surface area (Å²) in [5.41, 5.74) is 0.744. The van der Waals surface area contributed by atoms with Gasteiger partial charge in [-0.1, -0.05) is 18.7 Å². The summed E-state index contributed by atoms with van der Waals surface area (Å²) < 4.78 is 11.2. The third-order valence-corrected chi connectivity index (χ3v) is 4.60. The van der Waals surface area contributed by atoms with Gasteiger partial charge >= 0.3 is 6.03 Å². The molecule has 2 aliphatic rings. The first kappa shape index (κ1) is 17.8. The summed E-state index contributed by atoms with van der Waals surface area (Å²) in [7, 11) is 0. The van der Waals surface area contributed by atoms with Crippen molar-refractivity contribution >= 4 is 11.7 Å². The second-order valence-corrected chi connectivity index (χ2v) is 6.48. The average Bonchev–Trinajstić information content (AvgIpc) is 3.14. The molecule has 0 bridgehead atoms. The lowest BCUT2D eigenvalue weighted by Crippen LogP contribution is -2.51. The van der Waals surface area contributed by atoms with Crippen LogP contribution in [-0.4, -0.2) is 67.9 Å². The van der Waals surface area contributed by atoms with Crippen molar-refractivity contribution in [3.05, 3.63) is 36.9 Å². The van der Waals surface area contributed by atoms with Crippen molar-refractivity contribution < 1.29 is 14.3 Å². The Hall–Kier alpha value is -2.05. The number of rotatable bonds is 6. The number of piperazine rings is 1. The van der Waals surface area contributed by atoms with E-state index in [4.69, 9.17) is 9.47 Å². The number of carbonyl (C=O) groups excluding carboxylic acids is 1. The Balaban J connectivity index is 1.45. The average molecular weight is 345 g/mol. The van der Waals surface area contributed by atoms with E-state index in [0.717, 1.165) is 57.2 Å². The van der Waals surface area contributed by atoms with Crippen LogP contribution in [0.5, 0.6) is 5.75 Å². The normalized spacial score (nSPS) is 21.1. The maximum absolute atomic E-state index is 12.5. The standard InChI is InChI=1S/C19H27N3O3/c1-2-12-24-17-6-3-5-16(14-17)20-19(23)22-10-8-21(9-11-22)15-18-7-4-13-25-18/h2-3,5-6,14,18H,1,4,7-13,15H2,(H,20,23)/t18-/m1/s1. The van der Waals surface area contributed by atoms with Crippen LogP contribution in [-0.2, 0) is 4.74 Å². The SMILES string of the molecule is C=CCOc1cccc(NC(=O)N2CCN(C[C@H]3CCCO3)CC2)c1. The van der Waals surface area contributed by atoms with E-state index in [0.29, 0.717) is 12.7 Å². The Labute approximate surface area is 149 Å². The number of ether oxygens (including phenoxy) is 2. The quantitative estimate of drug-likeness (QED) is 0.805. The molecule has 0 aliphatic carbocycles. The van der Waals surface area contributed by atoms with Crippen LogP contribution in [0.2, 0.25) is 0 Å². The van der Waals surface area contributed by atoms with Crippen LogP contribution in [0.15, 0.2) is 36.9 Å². The molecule has 6 heteroatoms. The maximum Gasteiger partial charge on any atom is 0.321 e. The van der Waals surface area contributed by atoms with E-state index >= 15 is 0 Å². The lowest BCUT2D eigenvalue weighted by molar-refractivity contribution is 0.0572. The van der Waals surface area contributed by atoms with E-state index in [1.54, 1.807) is 6.08 Å². The molecule has 1 N–H and O–H groups in total. The van der Waals surface area contributed by atoms with E-state index in [1.165, 1.54) is 6.42 Å². The van der Waals surface area contributed by atoms with E-state index in [9.17, 15) is 4.79 Å². The molecule has 0 unspecified atom stereocenters. The summed E-state index contributed by atoms with van der Waals surface area (Å²) in [5, 5.41) is 2.95. The molecule has 2 aliphatic heterocycles. The summed E-state index contributed by atoms with van der Waals surface area (Å²) in [5.74, 6) is 0.721. The first-order valence-corrected chi connectivity index (χ1v) is 8.98. The van der Waals surface area contributed by atoms with Crippen LogP contribution >= 0.6 is 0 Å². The summed E-state index contributed by atoms with van der Waals surface area (Å²) in [6, 6.07) is 7.37. The van der Waals surface area contributed by atoms with E-state index in [2.05, 4.69) is 16.8 Å². The highest BCUT2D eigenvalue weighted by Crippen LogP contribution is 2.18. The highest BCUT2D eigenvalue weighted by Gasteiger charge is 2.24. The Morgan fingerprint density at radius 2 is 2.20 bits per heavy atom. The fourth-order valence-electron chi connectivity index (χ4n) is 3.23. The first-order valence-electron chi connectivity index (χ1n) is 8.98. The first-order chi connectivity index (χ1) is 12.2. The highest BCUT2D eigenvalue weighted by atomic mass is 16.5. The lowest BCUT2D eigenvalue weighted by atomic mass is 10.2. The molecule has 2 fully saturated rings. The van der Waals surface area contributed by atoms with Gasteiger partial charge in [-0.3, -0.25) is 4.90 Å².